The molecule has 7 heteroatoms. The first kappa shape index (κ1) is 15.1. The number of ether oxygens (including phenoxy) is 1. The Morgan fingerprint density at radius 1 is 1.17 bits per heavy atom. The summed E-state index contributed by atoms with van der Waals surface area (Å²) in [4.78, 5) is 50.8. The van der Waals surface area contributed by atoms with Gasteiger partial charge in [0.1, 0.15) is 5.70 Å². The quantitative estimate of drug-likeness (QED) is 0.619. The third-order valence-corrected chi connectivity index (χ3v) is 3.96. The molecule has 0 fully saturated rings. The molecule has 0 saturated heterocycles. The van der Waals surface area contributed by atoms with Crippen molar-refractivity contribution >= 4 is 23.4 Å². The Morgan fingerprint density at radius 3 is 2.35 bits per heavy atom. The molecule has 0 aromatic heterocycles. The Morgan fingerprint density at radius 2 is 1.78 bits per heavy atom. The van der Waals surface area contributed by atoms with Gasteiger partial charge in [-0.25, -0.2) is 0 Å². The molecule has 1 heterocycles. The number of carbonyl (C=O) groups excluding carboxylic acids is 4. The minimum atomic E-state index is -1.47. The fourth-order valence-corrected chi connectivity index (χ4v) is 2.97. The van der Waals surface area contributed by atoms with E-state index in [2.05, 4.69) is 4.74 Å². The van der Waals surface area contributed by atoms with Gasteiger partial charge < -0.3 is 14.7 Å². The number of fused-ring (bicyclic) bond motifs is 1. The van der Waals surface area contributed by atoms with Crippen molar-refractivity contribution in [1.29, 1.82) is 0 Å². The number of allylic oxidation sites excluding steroid dienone is 1. The Bertz CT molecular complexity index is 779. The van der Waals surface area contributed by atoms with Crippen molar-refractivity contribution < 1.29 is 29.0 Å². The van der Waals surface area contributed by atoms with Crippen LogP contribution in [0.15, 0.2) is 35.5 Å². The molecule has 1 aliphatic carbocycles. The van der Waals surface area contributed by atoms with E-state index in [4.69, 9.17) is 5.11 Å². The molecule has 23 heavy (non-hydrogen) atoms. The van der Waals surface area contributed by atoms with Crippen molar-refractivity contribution in [3.8, 4) is 0 Å². The van der Waals surface area contributed by atoms with Crippen LogP contribution >= 0.6 is 0 Å². The van der Waals surface area contributed by atoms with Gasteiger partial charge in [-0.15, -0.1) is 0 Å². The maximum absolute atomic E-state index is 12.7. The largest absolute Gasteiger partial charge is 0.468 e. The van der Waals surface area contributed by atoms with E-state index in [0.717, 1.165) is 12.0 Å². The van der Waals surface area contributed by atoms with E-state index in [1.165, 1.54) is 12.1 Å². The van der Waals surface area contributed by atoms with E-state index >= 15 is 0 Å². The molecule has 1 aromatic carbocycles. The highest BCUT2D eigenvalue weighted by atomic mass is 16.5. The van der Waals surface area contributed by atoms with Crippen molar-refractivity contribution in [2.75, 3.05) is 20.3 Å². The number of hydrogen-bond acceptors (Lipinski definition) is 6. The van der Waals surface area contributed by atoms with Crippen LogP contribution in [0.3, 0.4) is 0 Å². The van der Waals surface area contributed by atoms with E-state index in [1.807, 2.05) is 0 Å². The molecule has 0 spiro atoms. The molecule has 0 radical (unpaired) electrons. The normalized spacial score (nSPS) is 19.8. The highest BCUT2D eigenvalue weighted by molar-refractivity contribution is 6.32. The first-order valence-electron chi connectivity index (χ1n) is 6.95. The van der Waals surface area contributed by atoms with Crippen LogP contribution < -0.4 is 0 Å². The fraction of sp³-hybridized carbons (Fsp3) is 0.250. The summed E-state index contributed by atoms with van der Waals surface area (Å²) in [5, 5.41) is 9.14. The van der Waals surface area contributed by atoms with Crippen LogP contribution in [-0.4, -0.2) is 53.7 Å². The molecule has 1 aliphatic heterocycles. The van der Waals surface area contributed by atoms with Crippen LogP contribution in [0.25, 0.3) is 0 Å². The van der Waals surface area contributed by atoms with Crippen LogP contribution in [0.1, 0.15) is 20.7 Å². The number of β-amino-alcohol motifs (C(OH)–C–C–N with tert-alkyl or cyclic N) is 1. The van der Waals surface area contributed by atoms with Crippen LogP contribution in [0.5, 0.6) is 0 Å². The summed E-state index contributed by atoms with van der Waals surface area (Å²) in [5.74, 6) is -4.15. The van der Waals surface area contributed by atoms with Gasteiger partial charge in [-0.1, -0.05) is 24.3 Å². The number of rotatable bonds is 3. The van der Waals surface area contributed by atoms with Crippen LogP contribution in [0.4, 0.5) is 0 Å². The zero-order chi connectivity index (χ0) is 16.7. The predicted molar refractivity (Wildman–Crippen MR) is 76.4 cm³/mol. The number of amides is 1. The Hall–Kier alpha value is -2.80. The number of hydrogen-bond donors (Lipinski definition) is 1. The van der Waals surface area contributed by atoms with Gasteiger partial charge in [0.2, 0.25) is 11.7 Å². The summed E-state index contributed by atoms with van der Waals surface area (Å²) in [6, 6.07) is 6.19. The number of benzene rings is 1. The lowest BCUT2D eigenvalue weighted by Crippen LogP contribution is -2.36. The number of carbonyl (C=O) groups is 4. The summed E-state index contributed by atoms with van der Waals surface area (Å²) in [6.07, 6.45) is 0. The molecule has 118 valence electrons. The average molecular weight is 315 g/mol. The molecule has 1 atom stereocenters. The van der Waals surface area contributed by atoms with Crippen molar-refractivity contribution in [3.05, 3.63) is 46.7 Å². The number of nitrogens with zero attached hydrogens (tertiary/aromatic N) is 1. The lowest BCUT2D eigenvalue weighted by Gasteiger charge is -2.21. The molecule has 7 nitrogen and oxygen atoms in total. The second-order valence-corrected chi connectivity index (χ2v) is 5.14. The number of methoxy groups -OCH3 is 1. The standard InChI is InChI=1S/C16H13NO6/c1-23-16(22)11-10-12(17(6-7-18)15(11)21)14(20)9-5-3-2-4-8(9)13(10)19/h2-5,11,18H,6-7H2,1H3. The zero-order valence-corrected chi connectivity index (χ0v) is 12.2. The minimum Gasteiger partial charge on any atom is -0.468 e. The summed E-state index contributed by atoms with van der Waals surface area (Å²) in [6.45, 7) is -0.578. The van der Waals surface area contributed by atoms with Gasteiger partial charge >= 0.3 is 5.97 Å². The Labute approximate surface area is 131 Å². The Kier molecular flexibility index (Phi) is 3.57. The molecule has 1 amide bonds. The molecule has 1 unspecified atom stereocenters. The lowest BCUT2D eigenvalue weighted by molar-refractivity contribution is -0.149. The summed E-state index contributed by atoms with van der Waals surface area (Å²) in [7, 11) is 1.10. The second kappa shape index (κ2) is 5.44. The van der Waals surface area contributed by atoms with Gasteiger partial charge in [-0.05, 0) is 0 Å². The van der Waals surface area contributed by atoms with Gasteiger partial charge in [0.15, 0.2) is 11.7 Å². The van der Waals surface area contributed by atoms with Crippen molar-refractivity contribution in [3.63, 3.8) is 0 Å². The van der Waals surface area contributed by atoms with Gasteiger partial charge in [-0.2, -0.15) is 0 Å². The van der Waals surface area contributed by atoms with Crippen LogP contribution in [-0.2, 0) is 14.3 Å². The van der Waals surface area contributed by atoms with E-state index in [0.29, 0.717) is 0 Å². The van der Waals surface area contributed by atoms with Crippen molar-refractivity contribution in [1.82, 2.24) is 4.90 Å². The fourth-order valence-electron chi connectivity index (χ4n) is 2.97. The third kappa shape index (κ3) is 2.01. The van der Waals surface area contributed by atoms with Gasteiger partial charge in [-0.3, -0.25) is 19.2 Å². The first-order valence-corrected chi connectivity index (χ1v) is 6.95. The molecule has 3 rings (SSSR count). The topological polar surface area (TPSA) is 101 Å². The summed E-state index contributed by atoms with van der Waals surface area (Å²) in [5.41, 5.74) is 0.0310. The second-order valence-electron chi connectivity index (χ2n) is 5.14. The third-order valence-electron chi connectivity index (χ3n) is 3.96. The van der Waals surface area contributed by atoms with Gasteiger partial charge in [0, 0.05) is 17.7 Å². The maximum atomic E-state index is 12.7. The predicted octanol–water partition coefficient (Wildman–Crippen LogP) is -0.0566. The van der Waals surface area contributed by atoms with E-state index in [9.17, 15) is 19.2 Å². The average Bonchev–Trinajstić information content (AvgIpc) is 2.86. The lowest BCUT2D eigenvalue weighted by atomic mass is 9.83. The molecular formula is C16H13NO6. The van der Waals surface area contributed by atoms with E-state index < -0.39 is 36.0 Å². The van der Waals surface area contributed by atoms with E-state index in [-0.39, 0.29) is 28.9 Å². The van der Waals surface area contributed by atoms with E-state index in [1.54, 1.807) is 12.1 Å². The Balaban J connectivity index is 2.22. The number of ketones is 2. The molecule has 0 saturated carbocycles. The van der Waals surface area contributed by atoms with Crippen LogP contribution in [0, 0.1) is 5.92 Å². The number of aliphatic hydroxyl groups excluding tert-OH is 1. The SMILES string of the molecule is COC(=O)C1C(=O)N(CCO)C2=C1C(=O)c1ccccc1C2=O. The molecule has 1 N–H and O–H groups in total. The van der Waals surface area contributed by atoms with Crippen molar-refractivity contribution in [2.24, 2.45) is 5.92 Å². The molecular weight excluding hydrogens is 302 g/mol. The molecule has 1 aromatic rings. The van der Waals surface area contributed by atoms with Crippen molar-refractivity contribution in [2.45, 2.75) is 0 Å². The molecule has 0 bridgehead atoms. The maximum Gasteiger partial charge on any atom is 0.323 e. The number of aliphatic hydroxyl groups is 1. The summed E-state index contributed by atoms with van der Waals surface area (Å²) >= 11 is 0. The van der Waals surface area contributed by atoms with Crippen LogP contribution in [0.2, 0.25) is 0 Å². The molecule has 2 aliphatic rings. The van der Waals surface area contributed by atoms with Gasteiger partial charge in [0.05, 0.1) is 19.3 Å². The number of Topliss-reactive ketones (excluding diaryl/α,β-unsaturated/α-hetero) is 2. The van der Waals surface area contributed by atoms with Gasteiger partial charge in [0.25, 0.3) is 0 Å². The minimum absolute atomic E-state index is 0.136. The summed E-state index contributed by atoms with van der Waals surface area (Å²) < 4.78 is 4.60. The smallest absolute Gasteiger partial charge is 0.323 e. The monoisotopic (exact) mass is 315 g/mol. The zero-order valence-electron chi connectivity index (χ0n) is 12.2. The highest BCUT2D eigenvalue weighted by Gasteiger charge is 2.52. The number of esters is 1. The highest BCUT2D eigenvalue weighted by Crippen LogP contribution is 2.39. The first-order chi connectivity index (χ1) is 11.0.